The summed E-state index contributed by atoms with van der Waals surface area (Å²) in [4.78, 5) is 6.88. The Hall–Kier alpha value is -1.76. The van der Waals surface area contributed by atoms with Crippen molar-refractivity contribution in [3.05, 3.63) is 48.0 Å². The number of hydrogen-bond acceptors (Lipinski definition) is 5. The molecular formula is C19H26N4O2. The van der Waals surface area contributed by atoms with Crippen LogP contribution in [0.15, 0.2) is 36.7 Å². The van der Waals surface area contributed by atoms with E-state index < -0.39 is 0 Å². The summed E-state index contributed by atoms with van der Waals surface area (Å²) in [6.45, 7) is 6.15. The van der Waals surface area contributed by atoms with Gasteiger partial charge in [-0.25, -0.2) is 0 Å². The van der Waals surface area contributed by atoms with Crippen LogP contribution in [0.4, 0.5) is 0 Å². The third-order valence-corrected chi connectivity index (χ3v) is 5.10. The Morgan fingerprint density at radius 3 is 2.92 bits per heavy atom. The highest BCUT2D eigenvalue weighted by atomic mass is 16.5. The van der Waals surface area contributed by atoms with Crippen LogP contribution in [0.2, 0.25) is 0 Å². The lowest BCUT2D eigenvalue weighted by molar-refractivity contribution is 0.0279. The van der Waals surface area contributed by atoms with Crippen molar-refractivity contribution in [2.24, 2.45) is 5.92 Å². The summed E-state index contributed by atoms with van der Waals surface area (Å²) < 4.78 is 13.6. The molecule has 1 fully saturated rings. The Morgan fingerprint density at radius 1 is 1.16 bits per heavy atom. The molecule has 6 nitrogen and oxygen atoms in total. The first kappa shape index (κ1) is 16.7. The Kier molecular flexibility index (Phi) is 5.40. The summed E-state index contributed by atoms with van der Waals surface area (Å²) in [6, 6.07) is 8.31. The van der Waals surface area contributed by atoms with E-state index in [1.807, 2.05) is 24.4 Å². The third-order valence-electron chi connectivity index (χ3n) is 5.10. The number of fused-ring (bicyclic) bond motifs is 1. The molecule has 0 amide bonds. The van der Waals surface area contributed by atoms with Gasteiger partial charge in [0.2, 0.25) is 0 Å². The molecule has 0 saturated carbocycles. The fourth-order valence-corrected chi connectivity index (χ4v) is 3.80. The van der Waals surface area contributed by atoms with Crippen molar-refractivity contribution in [2.45, 2.75) is 32.0 Å². The van der Waals surface area contributed by atoms with Crippen LogP contribution in [-0.4, -0.2) is 52.6 Å². The molecule has 2 aliphatic heterocycles. The number of pyridine rings is 1. The zero-order valence-corrected chi connectivity index (χ0v) is 14.6. The van der Waals surface area contributed by atoms with Crippen LogP contribution >= 0.6 is 0 Å². The van der Waals surface area contributed by atoms with E-state index in [0.717, 1.165) is 44.5 Å². The Balaban J connectivity index is 1.35. The molecule has 134 valence electrons. The SMILES string of the molecule is c1ccc(COC[C@H]2CN(CC3CCOCC3)Cc3ccnn32)nc1. The number of rotatable bonds is 6. The fraction of sp³-hybridized carbons (Fsp3) is 0.579. The Labute approximate surface area is 148 Å². The molecule has 2 aromatic heterocycles. The van der Waals surface area contributed by atoms with Crippen molar-refractivity contribution in [2.75, 3.05) is 32.9 Å². The standard InChI is InChI=1S/C19H26N4O2/c1-2-7-20-17(3-1)14-25-15-19-13-22(11-16-5-9-24-10-6-16)12-18-4-8-21-23(18)19/h1-4,7-8,16,19H,5-6,9-15H2/t19-/m1/s1. The van der Waals surface area contributed by atoms with Gasteiger partial charge in [-0.3, -0.25) is 14.6 Å². The quantitative estimate of drug-likeness (QED) is 0.806. The van der Waals surface area contributed by atoms with Crippen molar-refractivity contribution in [1.82, 2.24) is 19.7 Å². The molecule has 0 aliphatic carbocycles. The van der Waals surface area contributed by atoms with Crippen LogP contribution in [0.1, 0.15) is 30.3 Å². The average Bonchev–Trinajstić information content (AvgIpc) is 3.12. The smallest absolute Gasteiger partial charge is 0.0888 e. The highest BCUT2D eigenvalue weighted by molar-refractivity contribution is 5.06. The molecule has 0 radical (unpaired) electrons. The summed E-state index contributed by atoms with van der Waals surface area (Å²) in [5.74, 6) is 0.748. The fourth-order valence-electron chi connectivity index (χ4n) is 3.80. The van der Waals surface area contributed by atoms with Gasteiger partial charge in [-0.05, 0) is 37.0 Å². The van der Waals surface area contributed by atoms with E-state index in [2.05, 4.69) is 25.7 Å². The van der Waals surface area contributed by atoms with Crippen molar-refractivity contribution in [1.29, 1.82) is 0 Å². The first-order valence-corrected chi connectivity index (χ1v) is 9.18. The summed E-state index contributed by atoms with van der Waals surface area (Å²) in [7, 11) is 0. The molecule has 0 bridgehead atoms. The summed E-state index contributed by atoms with van der Waals surface area (Å²) >= 11 is 0. The van der Waals surface area contributed by atoms with Gasteiger partial charge in [0.1, 0.15) is 0 Å². The molecule has 0 unspecified atom stereocenters. The second kappa shape index (κ2) is 8.08. The van der Waals surface area contributed by atoms with Gasteiger partial charge < -0.3 is 9.47 Å². The number of aromatic nitrogens is 3. The predicted octanol–water partition coefficient (Wildman–Crippen LogP) is 2.28. The van der Waals surface area contributed by atoms with E-state index in [0.29, 0.717) is 13.2 Å². The van der Waals surface area contributed by atoms with Crippen LogP contribution in [0.5, 0.6) is 0 Å². The van der Waals surface area contributed by atoms with Gasteiger partial charge in [-0.15, -0.1) is 0 Å². The molecule has 1 saturated heterocycles. The minimum Gasteiger partial charge on any atom is -0.381 e. The molecule has 2 aliphatic rings. The van der Waals surface area contributed by atoms with E-state index in [9.17, 15) is 0 Å². The Morgan fingerprint density at radius 2 is 2.08 bits per heavy atom. The van der Waals surface area contributed by atoms with Gasteiger partial charge in [0.15, 0.2) is 0 Å². The van der Waals surface area contributed by atoms with Gasteiger partial charge >= 0.3 is 0 Å². The molecule has 0 spiro atoms. The Bertz CT molecular complexity index is 654. The second-order valence-corrected chi connectivity index (χ2v) is 7.01. The van der Waals surface area contributed by atoms with Gasteiger partial charge in [-0.2, -0.15) is 5.10 Å². The first-order chi connectivity index (χ1) is 12.4. The lowest BCUT2D eigenvalue weighted by Crippen LogP contribution is -2.42. The largest absolute Gasteiger partial charge is 0.381 e. The zero-order valence-electron chi connectivity index (χ0n) is 14.6. The van der Waals surface area contributed by atoms with Gasteiger partial charge in [0, 0.05) is 45.2 Å². The molecule has 0 aromatic carbocycles. The molecule has 25 heavy (non-hydrogen) atoms. The lowest BCUT2D eigenvalue weighted by atomic mass is 9.99. The topological polar surface area (TPSA) is 52.4 Å². The number of hydrogen-bond donors (Lipinski definition) is 0. The maximum atomic E-state index is 5.95. The van der Waals surface area contributed by atoms with Gasteiger partial charge in [0.05, 0.1) is 30.6 Å². The van der Waals surface area contributed by atoms with E-state index in [1.54, 1.807) is 6.20 Å². The predicted molar refractivity (Wildman–Crippen MR) is 94.0 cm³/mol. The summed E-state index contributed by atoms with van der Waals surface area (Å²) in [5.41, 5.74) is 2.25. The van der Waals surface area contributed by atoms with Crippen LogP contribution in [0, 0.1) is 5.92 Å². The van der Waals surface area contributed by atoms with E-state index in [1.165, 1.54) is 18.5 Å². The minimum absolute atomic E-state index is 0.266. The normalized spacial score (nSPS) is 22.0. The number of nitrogens with zero attached hydrogens (tertiary/aromatic N) is 4. The van der Waals surface area contributed by atoms with Crippen LogP contribution in [0.3, 0.4) is 0 Å². The molecule has 0 N–H and O–H groups in total. The monoisotopic (exact) mass is 342 g/mol. The van der Waals surface area contributed by atoms with Gasteiger partial charge in [0.25, 0.3) is 0 Å². The first-order valence-electron chi connectivity index (χ1n) is 9.18. The van der Waals surface area contributed by atoms with Gasteiger partial charge in [-0.1, -0.05) is 6.07 Å². The highest BCUT2D eigenvalue weighted by Crippen LogP contribution is 2.24. The lowest BCUT2D eigenvalue weighted by Gasteiger charge is -2.36. The van der Waals surface area contributed by atoms with E-state index >= 15 is 0 Å². The molecule has 4 rings (SSSR count). The third kappa shape index (κ3) is 4.26. The maximum Gasteiger partial charge on any atom is 0.0888 e. The molecular weight excluding hydrogens is 316 g/mol. The molecule has 1 atom stereocenters. The van der Waals surface area contributed by atoms with Crippen molar-refractivity contribution in [3.63, 3.8) is 0 Å². The van der Waals surface area contributed by atoms with E-state index in [-0.39, 0.29) is 6.04 Å². The van der Waals surface area contributed by atoms with E-state index in [4.69, 9.17) is 9.47 Å². The van der Waals surface area contributed by atoms with Crippen molar-refractivity contribution >= 4 is 0 Å². The van der Waals surface area contributed by atoms with Crippen LogP contribution in [0.25, 0.3) is 0 Å². The van der Waals surface area contributed by atoms with Crippen molar-refractivity contribution in [3.8, 4) is 0 Å². The maximum absolute atomic E-state index is 5.95. The highest BCUT2D eigenvalue weighted by Gasteiger charge is 2.27. The number of ether oxygens (including phenoxy) is 2. The molecule has 4 heterocycles. The summed E-state index contributed by atoms with van der Waals surface area (Å²) in [5, 5.41) is 4.52. The van der Waals surface area contributed by atoms with Crippen molar-refractivity contribution < 1.29 is 9.47 Å². The van der Waals surface area contributed by atoms with Crippen LogP contribution < -0.4 is 0 Å². The second-order valence-electron chi connectivity index (χ2n) is 7.01. The minimum atomic E-state index is 0.266. The zero-order chi connectivity index (χ0) is 16.9. The summed E-state index contributed by atoms with van der Waals surface area (Å²) in [6.07, 6.45) is 6.06. The molecule has 2 aromatic rings. The molecule has 6 heteroatoms. The van der Waals surface area contributed by atoms with Crippen LogP contribution in [-0.2, 0) is 22.6 Å². The average molecular weight is 342 g/mol.